The highest BCUT2D eigenvalue weighted by Gasteiger charge is 2.07. The molecule has 0 saturated heterocycles. The van der Waals surface area contributed by atoms with Crippen LogP contribution in [-0.4, -0.2) is 15.1 Å². The van der Waals surface area contributed by atoms with Crippen LogP contribution < -0.4 is 5.32 Å². The van der Waals surface area contributed by atoms with Crippen LogP contribution in [0.15, 0.2) is 30.6 Å². The summed E-state index contributed by atoms with van der Waals surface area (Å²) in [5.74, 6) is -0.0907. The van der Waals surface area contributed by atoms with Gasteiger partial charge in [-0.3, -0.25) is 0 Å². The minimum absolute atomic E-state index is 0.0573. The number of hydrogen-bond acceptors (Lipinski definition) is 3. The average molecular weight is 235 g/mol. The standard InChI is InChI=1S/C12H14FN3O/c1-8(12-14-4-5-15-12)16-7-9-2-3-11(17)10(13)6-9/h2-6,8,16-17H,7H2,1H3,(H,14,15). The van der Waals surface area contributed by atoms with Crippen molar-refractivity contribution in [2.75, 3.05) is 0 Å². The van der Waals surface area contributed by atoms with E-state index in [9.17, 15) is 4.39 Å². The summed E-state index contributed by atoms with van der Waals surface area (Å²) < 4.78 is 13.1. The van der Waals surface area contributed by atoms with E-state index < -0.39 is 5.82 Å². The molecule has 0 aliphatic rings. The van der Waals surface area contributed by atoms with Crippen LogP contribution in [0.2, 0.25) is 0 Å². The number of aromatic amines is 1. The number of benzene rings is 1. The molecule has 5 heteroatoms. The Morgan fingerprint density at radius 1 is 1.53 bits per heavy atom. The number of rotatable bonds is 4. The lowest BCUT2D eigenvalue weighted by Crippen LogP contribution is -2.19. The van der Waals surface area contributed by atoms with E-state index in [-0.39, 0.29) is 11.8 Å². The fraction of sp³-hybridized carbons (Fsp3) is 0.250. The van der Waals surface area contributed by atoms with Crippen LogP contribution in [0, 0.1) is 5.82 Å². The van der Waals surface area contributed by atoms with E-state index in [4.69, 9.17) is 5.11 Å². The summed E-state index contributed by atoms with van der Waals surface area (Å²) in [7, 11) is 0. The first kappa shape index (κ1) is 11.6. The molecular weight excluding hydrogens is 221 g/mol. The van der Waals surface area contributed by atoms with Gasteiger partial charge in [-0.05, 0) is 24.6 Å². The Labute approximate surface area is 98.5 Å². The Morgan fingerprint density at radius 3 is 3.00 bits per heavy atom. The molecule has 0 radical (unpaired) electrons. The third kappa shape index (κ3) is 2.82. The number of nitrogens with one attached hydrogen (secondary N) is 2. The van der Waals surface area contributed by atoms with Crippen LogP contribution in [0.25, 0.3) is 0 Å². The molecule has 2 aromatic rings. The highest BCUT2D eigenvalue weighted by atomic mass is 19.1. The normalized spacial score (nSPS) is 12.6. The molecule has 17 heavy (non-hydrogen) atoms. The number of hydrogen-bond donors (Lipinski definition) is 3. The van der Waals surface area contributed by atoms with Crippen LogP contribution in [0.3, 0.4) is 0 Å². The number of halogens is 1. The molecule has 0 aliphatic heterocycles. The van der Waals surface area contributed by atoms with Crippen molar-refractivity contribution in [2.24, 2.45) is 0 Å². The Bertz CT molecular complexity index is 485. The lowest BCUT2D eigenvalue weighted by Gasteiger charge is -2.11. The van der Waals surface area contributed by atoms with Gasteiger partial charge < -0.3 is 15.4 Å². The number of nitrogens with zero attached hydrogens (tertiary/aromatic N) is 1. The van der Waals surface area contributed by atoms with E-state index in [2.05, 4.69) is 15.3 Å². The van der Waals surface area contributed by atoms with Gasteiger partial charge in [-0.1, -0.05) is 6.07 Å². The quantitative estimate of drug-likeness (QED) is 0.760. The van der Waals surface area contributed by atoms with Gasteiger partial charge in [-0.2, -0.15) is 0 Å². The molecule has 0 aliphatic carbocycles. The number of phenols is 1. The van der Waals surface area contributed by atoms with Crippen LogP contribution in [0.4, 0.5) is 4.39 Å². The summed E-state index contributed by atoms with van der Waals surface area (Å²) in [6.45, 7) is 2.48. The fourth-order valence-electron chi connectivity index (χ4n) is 1.54. The summed E-state index contributed by atoms with van der Waals surface area (Å²) in [5.41, 5.74) is 0.777. The minimum atomic E-state index is -0.602. The van der Waals surface area contributed by atoms with Crippen LogP contribution in [-0.2, 0) is 6.54 Å². The van der Waals surface area contributed by atoms with E-state index in [0.717, 1.165) is 11.4 Å². The maximum atomic E-state index is 13.1. The van der Waals surface area contributed by atoms with Crippen molar-refractivity contribution in [3.05, 3.63) is 47.8 Å². The molecule has 90 valence electrons. The van der Waals surface area contributed by atoms with E-state index in [1.165, 1.54) is 12.1 Å². The van der Waals surface area contributed by atoms with Gasteiger partial charge in [0.15, 0.2) is 11.6 Å². The van der Waals surface area contributed by atoms with Gasteiger partial charge >= 0.3 is 0 Å². The van der Waals surface area contributed by atoms with Crippen molar-refractivity contribution in [1.29, 1.82) is 0 Å². The first-order valence-corrected chi connectivity index (χ1v) is 5.37. The molecule has 1 atom stereocenters. The van der Waals surface area contributed by atoms with Gasteiger partial charge in [-0.15, -0.1) is 0 Å². The molecule has 0 bridgehead atoms. The summed E-state index contributed by atoms with van der Waals surface area (Å²) in [4.78, 5) is 7.13. The van der Waals surface area contributed by atoms with Crippen LogP contribution >= 0.6 is 0 Å². The molecule has 0 amide bonds. The van der Waals surface area contributed by atoms with Crippen molar-refractivity contribution in [3.8, 4) is 5.75 Å². The molecule has 0 spiro atoms. The lowest BCUT2D eigenvalue weighted by molar-refractivity contribution is 0.431. The lowest BCUT2D eigenvalue weighted by atomic mass is 10.2. The minimum Gasteiger partial charge on any atom is -0.505 e. The molecule has 1 aromatic heterocycles. The summed E-state index contributed by atoms with van der Waals surface area (Å²) >= 11 is 0. The monoisotopic (exact) mass is 235 g/mol. The van der Waals surface area contributed by atoms with Crippen molar-refractivity contribution in [3.63, 3.8) is 0 Å². The number of aromatic hydroxyl groups is 1. The second kappa shape index (κ2) is 4.97. The Morgan fingerprint density at radius 2 is 2.35 bits per heavy atom. The second-order valence-electron chi connectivity index (χ2n) is 3.86. The number of phenolic OH excluding ortho intramolecular Hbond substituents is 1. The summed E-state index contributed by atoms with van der Waals surface area (Å²) in [6, 6.07) is 4.41. The van der Waals surface area contributed by atoms with E-state index in [0.29, 0.717) is 6.54 Å². The second-order valence-corrected chi connectivity index (χ2v) is 3.86. The topological polar surface area (TPSA) is 60.9 Å². The van der Waals surface area contributed by atoms with Gasteiger partial charge in [0.2, 0.25) is 0 Å². The number of imidazole rings is 1. The largest absolute Gasteiger partial charge is 0.505 e. The van der Waals surface area contributed by atoms with Crippen molar-refractivity contribution >= 4 is 0 Å². The molecule has 1 unspecified atom stereocenters. The maximum absolute atomic E-state index is 13.1. The predicted octanol–water partition coefficient (Wildman–Crippen LogP) is 2.11. The van der Waals surface area contributed by atoms with Gasteiger partial charge in [0, 0.05) is 18.9 Å². The zero-order chi connectivity index (χ0) is 12.3. The molecule has 2 rings (SSSR count). The number of H-pyrrole nitrogens is 1. The summed E-state index contributed by atoms with van der Waals surface area (Å²) in [5, 5.41) is 12.3. The summed E-state index contributed by atoms with van der Waals surface area (Å²) in [6.07, 6.45) is 3.45. The molecule has 1 heterocycles. The molecule has 4 nitrogen and oxygen atoms in total. The van der Waals surface area contributed by atoms with Crippen LogP contribution in [0.5, 0.6) is 5.75 Å². The van der Waals surface area contributed by atoms with E-state index in [1.807, 2.05) is 6.92 Å². The first-order valence-electron chi connectivity index (χ1n) is 5.37. The first-order chi connectivity index (χ1) is 8.16. The van der Waals surface area contributed by atoms with Crippen molar-refractivity contribution in [2.45, 2.75) is 19.5 Å². The van der Waals surface area contributed by atoms with Crippen molar-refractivity contribution < 1.29 is 9.50 Å². The Balaban J connectivity index is 1.96. The smallest absolute Gasteiger partial charge is 0.165 e. The third-order valence-electron chi connectivity index (χ3n) is 2.55. The van der Waals surface area contributed by atoms with Gasteiger partial charge in [0.1, 0.15) is 5.82 Å². The Kier molecular flexibility index (Phi) is 3.39. The van der Waals surface area contributed by atoms with E-state index >= 15 is 0 Å². The SMILES string of the molecule is CC(NCc1ccc(O)c(F)c1)c1ncc[nH]1. The van der Waals surface area contributed by atoms with Gasteiger partial charge in [-0.25, -0.2) is 9.37 Å². The number of aromatic nitrogens is 2. The predicted molar refractivity (Wildman–Crippen MR) is 61.9 cm³/mol. The molecule has 0 fully saturated rings. The molecular formula is C12H14FN3O. The zero-order valence-electron chi connectivity index (χ0n) is 9.44. The van der Waals surface area contributed by atoms with Crippen molar-refractivity contribution in [1.82, 2.24) is 15.3 Å². The maximum Gasteiger partial charge on any atom is 0.165 e. The highest BCUT2D eigenvalue weighted by Crippen LogP contribution is 2.16. The van der Waals surface area contributed by atoms with E-state index in [1.54, 1.807) is 18.5 Å². The highest BCUT2D eigenvalue weighted by molar-refractivity contribution is 5.27. The molecule has 3 N–H and O–H groups in total. The Hall–Kier alpha value is -1.88. The zero-order valence-corrected chi connectivity index (χ0v) is 9.44. The molecule has 1 aromatic carbocycles. The molecule has 0 saturated carbocycles. The van der Waals surface area contributed by atoms with Crippen LogP contribution in [0.1, 0.15) is 24.4 Å². The third-order valence-corrected chi connectivity index (χ3v) is 2.55. The average Bonchev–Trinajstić information content (AvgIpc) is 2.84. The van der Waals surface area contributed by atoms with Gasteiger partial charge in [0.25, 0.3) is 0 Å². The van der Waals surface area contributed by atoms with Gasteiger partial charge in [0.05, 0.1) is 6.04 Å². The fourth-order valence-corrected chi connectivity index (χ4v) is 1.54.